The molecule has 1 aromatic rings. The zero-order chi connectivity index (χ0) is 17.2. The Kier molecular flexibility index (Phi) is 4.46. The number of rotatable bonds is 3. The number of carbonyl (C=O) groups is 2. The topological polar surface area (TPSA) is 96.8 Å². The molecule has 8 nitrogen and oxygen atoms in total. The molecule has 1 fully saturated rings. The molecule has 1 N–H and O–H groups in total. The smallest absolute Gasteiger partial charge is 0.269 e. The average molecular weight is 331 g/mol. The summed E-state index contributed by atoms with van der Waals surface area (Å²) >= 11 is 0. The van der Waals surface area contributed by atoms with Crippen molar-refractivity contribution in [3.05, 3.63) is 23.8 Å². The summed E-state index contributed by atoms with van der Waals surface area (Å²) < 4.78 is 0. The molecule has 3 rings (SSSR count). The Morgan fingerprint density at radius 1 is 1.38 bits per heavy atom. The fourth-order valence-electron chi connectivity index (χ4n) is 3.01. The molecule has 0 radical (unpaired) electrons. The van der Waals surface area contributed by atoms with Crippen molar-refractivity contribution in [2.24, 2.45) is 5.16 Å². The van der Waals surface area contributed by atoms with Crippen molar-refractivity contribution in [1.82, 2.24) is 20.2 Å². The van der Waals surface area contributed by atoms with Crippen LogP contribution in [0, 0.1) is 6.92 Å². The molecule has 2 aliphatic rings. The summed E-state index contributed by atoms with van der Waals surface area (Å²) in [5.41, 5.74) is 1.32. The van der Waals surface area contributed by atoms with Gasteiger partial charge < -0.3 is 15.1 Å². The van der Waals surface area contributed by atoms with E-state index in [-0.39, 0.29) is 18.4 Å². The van der Waals surface area contributed by atoms with E-state index in [1.54, 1.807) is 24.2 Å². The molecule has 128 valence electrons. The van der Waals surface area contributed by atoms with E-state index in [4.69, 9.17) is 4.84 Å². The van der Waals surface area contributed by atoms with Gasteiger partial charge in [-0.05, 0) is 19.8 Å². The van der Waals surface area contributed by atoms with Crippen LogP contribution in [0.5, 0.6) is 0 Å². The fraction of sp³-hybridized carbons (Fsp3) is 0.562. The lowest BCUT2D eigenvalue weighted by atomic mass is 9.88. The molecule has 24 heavy (non-hydrogen) atoms. The summed E-state index contributed by atoms with van der Waals surface area (Å²) in [6.07, 6.45) is 5.35. The van der Waals surface area contributed by atoms with Gasteiger partial charge in [0.05, 0.1) is 30.7 Å². The Hall–Kier alpha value is -2.51. The minimum absolute atomic E-state index is 0.0218. The lowest BCUT2D eigenvalue weighted by molar-refractivity contribution is -0.138. The van der Waals surface area contributed by atoms with Gasteiger partial charge in [-0.1, -0.05) is 5.16 Å². The number of piperidine rings is 1. The highest BCUT2D eigenvalue weighted by Gasteiger charge is 2.45. The van der Waals surface area contributed by atoms with Crippen LogP contribution in [-0.4, -0.2) is 51.1 Å². The van der Waals surface area contributed by atoms with Gasteiger partial charge in [-0.15, -0.1) is 0 Å². The molecule has 8 heteroatoms. The Bertz CT molecular complexity index is 673. The first-order chi connectivity index (χ1) is 11.5. The molecular formula is C16H21N5O3. The standard InChI is InChI=1S/C16H21N5O3/c1-11-7-18-13(8-17-11)9-19-15(23)14-6-16(24-20-14)4-3-5-21(10-16)12(2)22/h7-8H,3-6,9-10H2,1-2H3,(H,19,23). The first kappa shape index (κ1) is 16.4. The van der Waals surface area contributed by atoms with Gasteiger partial charge in [0.25, 0.3) is 5.91 Å². The van der Waals surface area contributed by atoms with Gasteiger partial charge in [-0.2, -0.15) is 0 Å². The monoisotopic (exact) mass is 331 g/mol. The Labute approximate surface area is 140 Å². The maximum atomic E-state index is 12.3. The van der Waals surface area contributed by atoms with E-state index < -0.39 is 5.60 Å². The number of amides is 2. The maximum absolute atomic E-state index is 12.3. The summed E-state index contributed by atoms with van der Waals surface area (Å²) in [7, 11) is 0. The van der Waals surface area contributed by atoms with E-state index in [1.165, 1.54) is 0 Å². The van der Waals surface area contributed by atoms with Crippen molar-refractivity contribution < 1.29 is 14.4 Å². The number of nitrogens with zero attached hydrogens (tertiary/aromatic N) is 4. The fourth-order valence-corrected chi connectivity index (χ4v) is 3.01. The second kappa shape index (κ2) is 6.54. The quantitative estimate of drug-likeness (QED) is 0.873. The van der Waals surface area contributed by atoms with Crippen molar-refractivity contribution in [3.63, 3.8) is 0 Å². The van der Waals surface area contributed by atoms with Crippen LogP contribution in [0.4, 0.5) is 0 Å². The highest BCUT2D eigenvalue weighted by atomic mass is 16.7. The number of aryl methyl sites for hydroxylation is 1. The molecule has 1 unspecified atom stereocenters. The van der Waals surface area contributed by atoms with Gasteiger partial charge in [-0.3, -0.25) is 19.6 Å². The largest absolute Gasteiger partial charge is 0.386 e. The molecule has 0 saturated carbocycles. The lowest BCUT2D eigenvalue weighted by Gasteiger charge is -2.37. The first-order valence-corrected chi connectivity index (χ1v) is 8.04. The van der Waals surface area contributed by atoms with Gasteiger partial charge in [-0.25, -0.2) is 0 Å². The van der Waals surface area contributed by atoms with Crippen LogP contribution in [0.2, 0.25) is 0 Å². The van der Waals surface area contributed by atoms with E-state index in [0.717, 1.165) is 25.1 Å². The molecule has 1 aromatic heterocycles. The van der Waals surface area contributed by atoms with Crippen LogP contribution in [0.15, 0.2) is 17.5 Å². The summed E-state index contributed by atoms with van der Waals surface area (Å²) in [5, 5.41) is 6.75. The van der Waals surface area contributed by atoms with Gasteiger partial charge in [0.1, 0.15) is 5.71 Å². The van der Waals surface area contributed by atoms with Crippen LogP contribution in [-0.2, 0) is 21.0 Å². The van der Waals surface area contributed by atoms with Crippen LogP contribution in [0.3, 0.4) is 0 Å². The molecule has 2 aliphatic heterocycles. The van der Waals surface area contributed by atoms with Crippen molar-refractivity contribution in [2.45, 2.75) is 45.3 Å². The third-order valence-corrected chi connectivity index (χ3v) is 4.35. The normalized spacial score (nSPS) is 22.9. The van der Waals surface area contributed by atoms with Crippen LogP contribution < -0.4 is 5.32 Å². The van der Waals surface area contributed by atoms with Gasteiger partial charge in [0.15, 0.2) is 5.60 Å². The number of likely N-dealkylation sites (tertiary alicyclic amines) is 1. The summed E-state index contributed by atoms with van der Waals surface area (Å²) in [5.74, 6) is -0.247. The molecule has 0 aromatic carbocycles. The zero-order valence-corrected chi connectivity index (χ0v) is 13.9. The minimum Gasteiger partial charge on any atom is -0.386 e. The van der Waals surface area contributed by atoms with Crippen molar-refractivity contribution >= 4 is 17.5 Å². The molecule has 1 atom stereocenters. The SMILES string of the molecule is CC(=O)N1CCCC2(CC(C(=O)NCc3cnc(C)cn3)=NO2)C1. The number of nitrogens with one attached hydrogen (secondary N) is 1. The number of carbonyl (C=O) groups excluding carboxylic acids is 2. The van der Waals surface area contributed by atoms with E-state index in [0.29, 0.717) is 24.4 Å². The Morgan fingerprint density at radius 2 is 2.21 bits per heavy atom. The van der Waals surface area contributed by atoms with Crippen LogP contribution in [0.1, 0.15) is 37.6 Å². The molecule has 1 spiro atoms. The Balaban J connectivity index is 1.55. The zero-order valence-electron chi connectivity index (χ0n) is 13.9. The van der Waals surface area contributed by atoms with Crippen molar-refractivity contribution in [3.8, 4) is 0 Å². The molecule has 3 heterocycles. The number of oxime groups is 1. The molecule has 1 saturated heterocycles. The van der Waals surface area contributed by atoms with Gasteiger partial charge >= 0.3 is 0 Å². The van der Waals surface area contributed by atoms with Crippen molar-refractivity contribution in [2.75, 3.05) is 13.1 Å². The van der Waals surface area contributed by atoms with E-state index in [2.05, 4.69) is 20.4 Å². The van der Waals surface area contributed by atoms with Gasteiger partial charge in [0.2, 0.25) is 5.91 Å². The highest BCUT2D eigenvalue weighted by molar-refractivity contribution is 6.39. The molecule has 2 amide bonds. The molecule has 0 bridgehead atoms. The van der Waals surface area contributed by atoms with E-state index in [9.17, 15) is 9.59 Å². The number of aromatic nitrogens is 2. The summed E-state index contributed by atoms with van der Waals surface area (Å²) in [6, 6.07) is 0. The number of hydrogen-bond donors (Lipinski definition) is 1. The van der Waals surface area contributed by atoms with E-state index >= 15 is 0 Å². The first-order valence-electron chi connectivity index (χ1n) is 8.04. The number of hydrogen-bond acceptors (Lipinski definition) is 6. The second-order valence-corrected chi connectivity index (χ2v) is 6.36. The van der Waals surface area contributed by atoms with Crippen LogP contribution >= 0.6 is 0 Å². The molecule has 0 aliphatic carbocycles. The third kappa shape index (κ3) is 3.52. The van der Waals surface area contributed by atoms with Crippen LogP contribution in [0.25, 0.3) is 0 Å². The van der Waals surface area contributed by atoms with E-state index in [1.807, 2.05) is 6.92 Å². The summed E-state index contributed by atoms with van der Waals surface area (Å²) in [4.78, 5) is 39.5. The Morgan fingerprint density at radius 3 is 2.92 bits per heavy atom. The predicted molar refractivity (Wildman–Crippen MR) is 86.0 cm³/mol. The summed E-state index contributed by atoms with van der Waals surface area (Å²) in [6.45, 7) is 4.90. The molecular weight excluding hydrogens is 310 g/mol. The van der Waals surface area contributed by atoms with Gasteiger partial charge in [0, 0.05) is 26.1 Å². The highest BCUT2D eigenvalue weighted by Crippen LogP contribution is 2.33. The minimum atomic E-state index is -0.555. The maximum Gasteiger partial charge on any atom is 0.269 e. The second-order valence-electron chi connectivity index (χ2n) is 6.36. The lowest BCUT2D eigenvalue weighted by Crippen LogP contribution is -2.50. The third-order valence-electron chi connectivity index (χ3n) is 4.35. The van der Waals surface area contributed by atoms with Crippen molar-refractivity contribution in [1.29, 1.82) is 0 Å². The average Bonchev–Trinajstić information content (AvgIpc) is 2.97. The predicted octanol–water partition coefficient (Wildman–Crippen LogP) is 0.559.